The Morgan fingerprint density at radius 1 is 1.42 bits per heavy atom. The summed E-state index contributed by atoms with van der Waals surface area (Å²) in [5.41, 5.74) is 0. The molecule has 2 rings (SSSR count). The van der Waals surface area contributed by atoms with E-state index in [2.05, 4.69) is 10.6 Å². The van der Waals surface area contributed by atoms with Crippen molar-refractivity contribution in [2.24, 2.45) is 5.92 Å². The topological polar surface area (TPSA) is 33.3 Å². The molecule has 2 fully saturated rings. The molecular formula is C9H18N2O. The second kappa shape index (κ2) is 4.21. The maximum absolute atomic E-state index is 5.31. The largest absolute Gasteiger partial charge is 0.381 e. The first-order valence-electron chi connectivity index (χ1n) is 4.97. The van der Waals surface area contributed by atoms with E-state index in [-0.39, 0.29) is 0 Å². The van der Waals surface area contributed by atoms with Gasteiger partial charge in [-0.1, -0.05) is 0 Å². The van der Waals surface area contributed by atoms with Gasteiger partial charge < -0.3 is 15.4 Å². The number of hydrogen-bond donors (Lipinski definition) is 2. The van der Waals surface area contributed by atoms with Crippen molar-refractivity contribution in [1.29, 1.82) is 0 Å². The van der Waals surface area contributed by atoms with Gasteiger partial charge in [-0.15, -0.1) is 0 Å². The molecule has 0 aromatic heterocycles. The van der Waals surface area contributed by atoms with Crippen molar-refractivity contribution >= 4 is 0 Å². The molecule has 3 nitrogen and oxygen atoms in total. The molecule has 2 heterocycles. The Labute approximate surface area is 73.9 Å². The highest BCUT2D eigenvalue weighted by molar-refractivity contribution is 4.81. The lowest BCUT2D eigenvalue weighted by Crippen LogP contribution is -2.55. The second-order valence-corrected chi connectivity index (χ2v) is 3.83. The van der Waals surface area contributed by atoms with Gasteiger partial charge in [0.25, 0.3) is 0 Å². The van der Waals surface area contributed by atoms with E-state index < -0.39 is 0 Å². The van der Waals surface area contributed by atoms with E-state index in [0.29, 0.717) is 0 Å². The zero-order chi connectivity index (χ0) is 8.23. The van der Waals surface area contributed by atoms with Gasteiger partial charge in [0.1, 0.15) is 0 Å². The predicted octanol–water partition coefficient (Wildman–Crippen LogP) is -0.0256. The molecule has 0 saturated carbocycles. The predicted molar refractivity (Wildman–Crippen MR) is 48.2 cm³/mol. The van der Waals surface area contributed by atoms with Crippen LogP contribution >= 0.6 is 0 Å². The van der Waals surface area contributed by atoms with Crippen LogP contribution in [0.25, 0.3) is 0 Å². The molecule has 0 bridgehead atoms. The minimum Gasteiger partial charge on any atom is -0.381 e. The standard InChI is InChI=1S/C9H18N2O/c1(8-2-4-12-7-8)3-11-9-5-10-6-9/h8-11H,1-7H2. The molecule has 2 N–H and O–H groups in total. The third-order valence-corrected chi connectivity index (χ3v) is 2.79. The zero-order valence-electron chi connectivity index (χ0n) is 7.51. The first-order chi connectivity index (χ1) is 5.95. The highest BCUT2D eigenvalue weighted by Gasteiger charge is 2.18. The Hall–Kier alpha value is -0.120. The van der Waals surface area contributed by atoms with Crippen LogP contribution < -0.4 is 10.6 Å². The summed E-state index contributed by atoms with van der Waals surface area (Å²) in [5, 5.41) is 6.78. The van der Waals surface area contributed by atoms with Gasteiger partial charge in [-0.2, -0.15) is 0 Å². The van der Waals surface area contributed by atoms with Crippen LogP contribution in [-0.4, -0.2) is 38.9 Å². The number of nitrogens with one attached hydrogen (secondary N) is 2. The van der Waals surface area contributed by atoms with E-state index in [1.807, 2.05) is 0 Å². The van der Waals surface area contributed by atoms with Crippen molar-refractivity contribution in [3.05, 3.63) is 0 Å². The van der Waals surface area contributed by atoms with Crippen molar-refractivity contribution in [2.75, 3.05) is 32.8 Å². The summed E-state index contributed by atoms with van der Waals surface area (Å²) in [7, 11) is 0. The summed E-state index contributed by atoms with van der Waals surface area (Å²) in [5.74, 6) is 0.825. The molecule has 0 spiro atoms. The molecule has 2 aliphatic rings. The lowest BCUT2D eigenvalue weighted by atomic mass is 10.0. The molecule has 3 heteroatoms. The lowest BCUT2D eigenvalue weighted by molar-refractivity contribution is 0.183. The van der Waals surface area contributed by atoms with Gasteiger partial charge in [0.2, 0.25) is 0 Å². The average Bonchev–Trinajstić information content (AvgIpc) is 2.46. The summed E-state index contributed by atoms with van der Waals surface area (Å²) in [4.78, 5) is 0. The zero-order valence-corrected chi connectivity index (χ0v) is 7.51. The average molecular weight is 170 g/mol. The van der Waals surface area contributed by atoms with Crippen molar-refractivity contribution in [1.82, 2.24) is 10.6 Å². The van der Waals surface area contributed by atoms with E-state index in [1.54, 1.807) is 0 Å². The van der Waals surface area contributed by atoms with Gasteiger partial charge in [-0.3, -0.25) is 0 Å². The Morgan fingerprint density at radius 2 is 2.33 bits per heavy atom. The smallest absolute Gasteiger partial charge is 0.0495 e. The number of ether oxygens (including phenoxy) is 1. The SMILES string of the molecule is C(CC1CCOC1)NC1CNC1. The Bertz CT molecular complexity index is 130. The molecule has 12 heavy (non-hydrogen) atoms. The summed E-state index contributed by atoms with van der Waals surface area (Å²) in [6.07, 6.45) is 2.56. The quantitative estimate of drug-likeness (QED) is 0.622. The van der Waals surface area contributed by atoms with Gasteiger partial charge in [-0.25, -0.2) is 0 Å². The number of rotatable bonds is 4. The van der Waals surface area contributed by atoms with E-state index in [0.717, 1.165) is 38.3 Å². The van der Waals surface area contributed by atoms with Gasteiger partial charge in [0.15, 0.2) is 0 Å². The maximum Gasteiger partial charge on any atom is 0.0495 e. The Morgan fingerprint density at radius 3 is 2.92 bits per heavy atom. The molecule has 0 aromatic carbocycles. The fourth-order valence-electron chi connectivity index (χ4n) is 1.74. The van der Waals surface area contributed by atoms with Crippen LogP contribution in [0.3, 0.4) is 0 Å². The van der Waals surface area contributed by atoms with Gasteiger partial charge in [-0.05, 0) is 25.3 Å². The third-order valence-electron chi connectivity index (χ3n) is 2.79. The summed E-state index contributed by atoms with van der Waals surface area (Å²) in [6, 6.07) is 0.743. The molecule has 0 amide bonds. The molecule has 0 radical (unpaired) electrons. The van der Waals surface area contributed by atoms with Crippen molar-refractivity contribution in [3.63, 3.8) is 0 Å². The van der Waals surface area contributed by atoms with Gasteiger partial charge in [0.05, 0.1) is 0 Å². The van der Waals surface area contributed by atoms with E-state index >= 15 is 0 Å². The highest BCUT2D eigenvalue weighted by atomic mass is 16.5. The van der Waals surface area contributed by atoms with Crippen molar-refractivity contribution in [3.8, 4) is 0 Å². The molecule has 2 aliphatic heterocycles. The summed E-state index contributed by atoms with van der Waals surface area (Å²) in [6.45, 7) is 5.45. The van der Waals surface area contributed by atoms with Crippen LogP contribution in [0.5, 0.6) is 0 Å². The Balaban J connectivity index is 1.49. The third kappa shape index (κ3) is 2.19. The fraction of sp³-hybridized carbons (Fsp3) is 1.00. The molecule has 0 aromatic rings. The van der Waals surface area contributed by atoms with Crippen LogP contribution in [-0.2, 0) is 4.74 Å². The van der Waals surface area contributed by atoms with Gasteiger partial charge >= 0.3 is 0 Å². The molecular weight excluding hydrogens is 152 g/mol. The van der Waals surface area contributed by atoms with Gasteiger partial charge in [0, 0.05) is 32.3 Å². The van der Waals surface area contributed by atoms with Crippen LogP contribution in [0, 0.1) is 5.92 Å². The second-order valence-electron chi connectivity index (χ2n) is 3.83. The molecule has 70 valence electrons. The molecule has 2 saturated heterocycles. The van der Waals surface area contributed by atoms with E-state index in [1.165, 1.54) is 19.4 Å². The first kappa shape index (κ1) is 8.48. The highest BCUT2D eigenvalue weighted by Crippen LogP contribution is 2.15. The molecule has 0 aliphatic carbocycles. The maximum atomic E-state index is 5.31. The number of hydrogen-bond acceptors (Lipinski definition) is 3. The van der Waals surface area contributed by atoms with Crippen molar-refractivity contribution in [2.45, 2.75) is 18.9 Å². The molecule has 1 unspecified atom stereocenters. The fourth-order valence-corrected chi connectivity index (χ4v) is 1.74. The molecule has 1 atom stereocenters. The minimum absolute atomic E-state index is 0.743. The van der Waals surface area contributed by atoms with Crippen molar-refractivity contribution < 1.29 is 4.74 Å². The normalized spacial score (nSPS) is 30.5. The van der Waals surface area contributed by atoms with E-state index in [4.69, 9.17) is 4.74 Å². The van der Waals surface area contributed by atoms with Crippen LogP contribution in [0.4, 0.5) is 0 Å². The minimum atomic E-state index is 0.743. The monoisotopic (exact) mass is 170 g/mol. The van der Waals surface area contributed by atoms with Crippen LogP contribution in [0.15, 0.2) is 0 Å². The first-order valence-corrected chi connectivity index (χ1v) is 4.97. The Kier molecular flexibility index (Phi) is 2.98. The summed E-state index contributed by atoms with van der Waals surface area (Å²) >= 11 is 0. The lowest BCUT2D eigenvalue weighted by Gasteiger charge is -2.28. The van der Waals surface area contributed by atoms with Crippen LogP contribution in [0.2, 0.25) is 0 Å². The van der Waals surface area contributed by atoms with Crippen LogP contribution in [0.1, 0.15) is 12.8 Å². The summed E-state index contributed by atoms with van der Waals surface area (Å²) < 4.78 is 5.31. The van der Waals surface area contributed by atoms with E-state index in [9.17, 15) is 0 Å².